The highest BCUT2D eigenvalue weighted by molar-refractivity contribution is 5.94. The van der Waals surface area contributed by atoms with Crippen LogP contribution in [0.1, 0.15) is 22.6 Å². The zero-order valence-corrected chi connectivity index (χ0v) is 21.3. The van der Waals surface area contributed by atoms with Gasteiger partial charge in [0.05, 0.1) is 23.7 Å². The van der Waals surface area contributed by atoms with Gasteiger partial charge in [-0.25, -0.2) is 4.98 Å². The lowest BCUT2D eigenvalue weighted by Gasteiger charge is -2.12. The topological polar surface area (TPSA) is 49.0 Å². The van der Waals surface area contributed by atoms with Gasteiger partial charge in [0.25, 0.3) is 5.56 Å². The Morgan fingerprint density at radius 1 is 0.816 bits per heavy atom. The Morgan fingerprint density at radius 3 is 2.37 bits per heavy atom. The fraction of sp³-hybridized carbons (Fsp3) is 0.0909. The summed E-state index contributed by atoms with van der Waals surface area (Å²) in [5, 5.41) is 1.73. The van der Waals surface area contributed by atoms with Crippen molar-refractivity contribution in [3.8, 4) is 11.4 Å². The smallest absolute Gasteiger partial charge is 0.266 e. The Balaban J connectivity index is 1.53. The molecule has 0 fully saturated rings. The van der Waals surface area contributed by atoms with E-state index in [1.807, 2.05) is 60.7 Å². The van der Waals surface area contributed by atoms with Gasteiger partial charge >= 0.3 is 0 Å². The summed E-state index contributed by atoms with van der Waals surface area (Å²) in [7, 11) is 1.62. The minimum Gasteiger partial charge on any atom is -0.497 e. The largest absolute Gasteiger partial charge is 0.497 e. The van der Waals surface area contributed by atoms with Gasteiger partial charge in [0.2, 0.25) is 0 Å². The van der Waals surface area contributed by atoms with E-state index >= 15 is 0 Å². The van der Waals surface area contributed by atoms with Crippen LogP contribution in [0.3, 0.4) is 0 Å². The lowest BCUT2D eigenvalue weighted by atomic mass is 10.1. The average Bonchev–Trinajstić information content (AvgIpc) is 3.22. The minimum absolute atomic E-state index is 0.119. The van der Waals surface area contributed by atoms with Crippen LogP contribution in [-0.4, -0.2) is 21.2 Å². The van der Waals surface area contributed by atoms with Crippen LogP contribution in [0.2, 0.25) is 0 Å². The van der Waals surface area contributed by atoms with Gasteiger partial charge in [-0.1, -0.05) is 66.7 Å². The Kier molecular flexibility index (Phi) is 6.10. The highest BCUT2D eigenvalue weighted by atomic mass is 16.5. The van der Waals surface area contributed by atoms with Crippen LogP contribution in [0.25, 0.3) is 39.6 Å². The summed E-state index contributed by atoms with van der Waals surface area (Å²) in [6, 6.07) is 33.9. The van der Waals surface area contributed by atoms with Crippen molar-refractivity contribution in [3.05, 3.63) is 136 Å². The normalized spacial score (nSPS) is 11.5. The molecule has 0 saturated heterocycles. The van der Waals surface area contributed by atoms with Gasteiger partial charge in [-0.05, 0) is 55.0 Å². The van der Waals surface area contributed by atoms with Crippen LogP contribution < -0.4 is 10.3 Å². The highest BCUT2D eigenvalue weighted by Crippen LogP contribution is 2.29. The van der Waals surface area contributed by atoms with Crippen LogP contribution in [0, 0.1) is 6.92 Å². The molecule has 6 aromatic rings. The highest BCUT2D eigenvalue weighted by Gasteiger charge is 2.15. The fourth-order valence-electron chi connectivity index (χ4n) is 5.06. The van der Waals surface area contributed by atoms with E-state index in [4.69, 9.17) is 9.72 Å². The standard InChI is InChI=1S/C33H27N3O2/c1-23-27(28-15-7-9-18-31(28)35(23)22-24-11-4-3-5-12-24)19-20-32-34-30-17-8-6-16-29(30)33(37)36(32)25-13-10-14-26(21-25)38-2/h3-21H,22H2,1-2H3/b20-19+. The molecule has 0 unspecified atom stereocenters. The molecule has 0 aliphatic heterocycles. The van der Waals surface area contributed by atoms with Crippen molar-refractivity contribution in [2.24, 2.45) is 0 Å². The summed E-state index contributed by atoms with van der Waals surface area (Å²) in [6.45, 7) is 2.93. The van der Waals surface area contributed by atoms with Gasteiger partial charge in [-0.3, -0.25) is 9.36 Å². The molecule has 186 valence electrons. The number of benzene rings is 4. The van der Waals surface area contributed by atoms with Crippen molar-refractivity contribution in [2.75, 3.05) is 7.11 Å². The third kappa shape index (κ3) is 4.18. The van der Waals surface area contributed by atoms with Crippen molar-refractivity contribution < 1.29 is 4.74 Å². The maximum Gasteiger partial charge on any atom is 0.266 e. The van der Waals surface area contributed by atoms with E-state index in [-0.39, 0.29) is 5.56 Å². The number of nitrogens with zero attached hydrogens (tertiary/aromatic N) is 3. The monoisotopic (exact) mass is 497 g/mol. The van der Waals surface area contributed by atoms with Crippen LogP contribution in [0.15, 0.2) is 108 Å². The van der Waals surface area contributed by atoms with Crippen LogP contribution in [-0.2, 0) is 6.54 Å². The molecule has 5 nitrogen and oxygen atoms in total. The Bertz CT molecular complexity index is 1860. The number of rotatable bonds is 6. The van der Waals surface area contributed by atoms with Crippen molar-refractivity contribution in [1.82, 2.24) is 14.1 Å². The predicted octanol–water partition coefficient (Wildman–Crippen LogP) is 6.88. The second kappa shape index (κ2) is 9.87. The van der Waals surface area contributed by atoms with Gasteiger partial charge in [0.15, 0.2) is 0 Å². The maximum atomic E-state index is 13.7. The van der Waals surface area contributed by atoms with Gasteiger partial charge in [0.1, 0.15) is 11.6 Å². The van der Waals surface area contributed by atoms with Gasteiger partial charge in [-0.15, -0.1) is 0 Å². The van der Waals surface area contributed by atoms with E-state index in [1.54, 1.807) is 11.7 Å². The summed E-state index contributed by atoms with van der Waals surface area (Å²) < 4.78 is 9.42. The molecular formula is C33H27N3O2. The molecule has 0 atom stereocenters. The number of aromatic nitrogens is 3. The molecule has 5 heteroatoms. The Hall–Kier alpha value is -4.90. The van der Waals surface area contributed by atoms with E-state index in [1.165, 1.54) is 11.1 Å². The summed E-state index contributed by atoms with van der Waals surface area (Å²) in [4.78, 5) is 18.6. The first-order chi connectivity index (χ1) is 18.6. The SMILES string of the molecule is COc1cccc(-n2c(/C=C/c3c(C)n(Cc4ccccc4)c4ccccc34)nc3ccccc3c2=O)c1. The molecule has 6 rings (SSSR count). The molecule has 2 aromatic heterocycles. The first-order valence-corrected chi connectivity index (χ1v) is 12.6. The van der Waals surface area contributed by atoms with E-state index in [9.17, 15) is 4.79 Å². The van der Waals surface area contributed by atoms with Crippen molar-refractivity contribution in [1.29, 1.82) is 0 Å². The van der Waals surface area contributed by atoms with Crippen molar-refractivity contribution >= 4 is 34.0 Å². The van der Waals surface area contributed by atoms with Crippen molar-refractivity contribution in [2.45, 2.75) is 13.5 Å². The molecule has 0 aliphatic rings. The molecule has 0 bridgehead atoms. The molecule has 0 radical (unpaired) electrons. The average molecular weight is 498 g/mol. The van der Waals surface area contributed by atoms with E-state index in [2.05, 4.69) is 66.1 Å². The molecule has 0 saturated carbocycles. The van der Waals surface area contributed by atoms with E-state index in [0.717, 1.165) is 23.2 Å². The zero-order valence-electron chi connectivity index (χ0n) is 21.3. The van der Waals surface area contributed by atoms with Crippen LogP contribution >= 0.6 is 0 Å². The third-order valence-corrected chi connectivity index (χ3v) is 6.98. The number of fused-ring (bicyclic) bond motifs is 2. The number of hydrogen-bond donors (Lipinski definition) is 0. The predicted molar refractivity (Wildman–Crippen MR) is 155 cm³/mol. The molecular weight excluding hydrogens is 470 g/mol. The van der Waals surface area contributed by atoms with E-state index < -0.39 is 0 Å². The molecule has 2 heterocycles. The van der Waals surface area contributed by atoms with Crippen LogP contribution in [0.4, 0.5) is 0 Å². The van der Waals surface area contributed by atoms with Gasteiger partial charge < -0.3 is 9.30 Å². The summed E-state index contributed by atoms with van der Waals surface area (Å²) in [6.07, 6.45) is 4.02. The molecule has 0 amide bonds. The fourth-order valence-corrected chi connectivity index (χ4v) is 5.06. The minimum atomic E-state index is -0.119. The molecule has 38 heavy (non-hydrogen) atoms. The van der Waals surface area contributed by atoms with Gasteiger partial charge in [-0.2, -0.15) is 0 Å². The molecule has 0 N–H and O–H groups in total. The summed E-state index contributed by atoms with van der Waals surface area (Å²) >= 11 is 0. The Morgan fingerprint density at radius 2 is 1.55 bits per heavy atom. The lowest BCUT2D eigenvalue weighted by molar-refractivity contribution is 0.414. The van der Waals surface area contributed by atoms with E-state index in [0.29, 0.717) is 28.2 Å². The van der Waals surface area contributed by atoms with Crippen molar-refractivity contribution in [3.63, 3.8) is 0 Å². The van der Waals surface area contributed by atoms with Gasteiger partial charge in [0, 0.05) is 34.8 Å². The summed E-state index contributed by atoms with van der Waals surface area (Å²) in [5.74, 6) is 1.23. The second-order valence-electron chi connectivity index (χ2n) is 9.25. The zero-order chi connectivity index (χ0) is 26.1. The first kappa shape index (κ1) is 23.5. The summed E-state index contributed by atoms with van der Waals surface area (Å²) in [5.41, 5.74) is 5.93. The number of hydrogen-bond acceptors (Lipinski definition) is 3. The first-order valence-electron chi connectivity index (χ1n) is 12.6. The molecule has 0 spiro atoms. The quantitative estimate of drug-likeness (QED) is 0.252. The number of para-hydroxylation sites is 2. The second-order valence-corrected chi connectivity index (χ2v) is 9.25. The molecule has 0 aliphatic carbocycles. The number of ether oxygens (including phenoxy) is 1. The Labute approximate surface area is 220 Å². The molecule has 4 aromatic carbocycles. The maximum absolute atomic E-state index is 13.7. The number of methoxy groups -OCH3 is 1. The third-order valence-electron chi connectivity index (χ3n) is 6.98. The lowest BCUT2D eigenvalue weighted by Crippen LogP contribution is -2.22. The van der Waals surface area contributed by atoms with Crippen LogP contribution in [0.5, 0.6) is 5.75 Å².